The highest BCUT2D eigenvalue weighted by molar-refractivity contribution is 7.09. The molecule has 2 bridgehead atoms. The van der Waals surface area contributed by atoms with E-state index in [2.05, 4.69) is 12.2 Å². The van der Waals surface area contributed by atoms with Crippen molar-refractivity contribution in [2.75, 3.05) is 0 Å². The van der Waals surface area contributed by atoms with Crippen molar-refractivity contribution < 1.29 is 33.6 Å². The van der Waals surface area contributed by atoms with Gasteiger partial charge in [-0.25, -0.2) is 9.78 Å². The quantitative estimate of drug-likeness (QED) is 0.489. The molecule has 9 heteroatoms. The molecule has 33 heavy (non-hydrogen) atoms. The predicted octanol–water partition coefficient (Wildman–Crippen LogP) is 3.90. The number of hydrogen-bond donors (Lipinski definition) is 1. The van der Waals surface area contributed by atoms with Crippen molar-refractivity contribution >= 4 is 23.2 Å². The number of esters is 1. The lowest BCUT2D eigenvalue weighted by Gasteiger charge is -2.59. The first-order valence-corrected chi connectivity index (χ1v) is 12.9. The second kappa shape index (κ2) is 8.92. The summed E-state index contributed by atoms with van der Waals surface area (Å²) in [6.45, 7) is 6.64. The van der Waals surface area contributed by atoms with Crippen molar-refractivity contribution in [2.24, 2.45) is 23.7 Å². The standard InChI is InChI=1S/C24H33NO7S/c1-14-6-7-18-15(2)21(28-20(27)9-8-19(26)25-13-16-5-4-12-33-16)29-22-24(18)17(14)10-11-23(3,30-22)31-32-24/h4-5,12,14-15,17-18,21-22H,6-11,13H2,1-3H3,(H,25,26)/t14-,15-,17+,18+,21-,22-,23-,24+/m1/s1. The van der Waals surface area contributed by atoms with E-state index in [0.29, 0.717) is 12.5 Å². The topological polar surface area (TPSA) is 92.3 Å². The molecule has 1 N–H and O–H groups in total. The second-order valence-electron chi connectivity index (χ2n) is 10.1. The molecule has 1 aromatic heterocycles. The van der Waals surface area contributed by atoms with Crippen LogP contribution >= 0.6 is 11.3 Å². The van der Waals surface area contributed by atoms with Gasteiger partial charge in [-0.1, -0.05) is 19.9 Å². The van der Waals surface area contributed by atoms with Crippen LogP contribution in [0, 0.1) is 23.7 Å². The summed E-state index contributed by atoms with van der Waals surface area (Å²) in [4.78, 5) is 37.7. The van der Waals surface area contributed by atoms with Gasteiger partial charge < -0.3 is 19.5 Å². The van der Waals surface area contributed by atoms with Gasteiger partial charge in [0.1, 0.15) is 0 Å². The van der Waals surface area contributed by atoms with Crippen molar-refractivity contribution in [3.8, 4) is 0 Å². The lowest BCUT2D eigenvalue weighted by molar-refractivity contribution is -0.576. The highest BCUT2D eigenvalue weighted by Crippen LogP contribution is 2.60. The molecule has 5 heterocycles. The molecule has 8 atom stereocenters. The molecule has 182 valence electrons. The number of ether oxygens (including phenoxy) is 3. The number of carbonyl (C=O) groups is 2. The number of thiophene rings is 1. The molecule has 5 aliphatic rings. The molecule has 1 aromatic rings. The van der Waals surface area contributed by atoms with Gasteiger partial charge in [0.2, 0.25) is 18.0 Å². The van der Waals surface area contributed by atoms with Crippen molar-refractivity contribution in [1.82, 2.24) is 5.32 Å². The summed E-state index contributed by atoms with van der Waals surface area (Å²) in [5.74, 6) is -0.751. The fourth-order valence-electron chi connectivity index (χ4n) is 6.10. The molecule has 5 fully saturated rings. The van der Waals surface area contributed by atoms with Crippen LogP contribution in [0.5, 0.6) is 0 Å². The van der Waals surface area contributed by atoms with E-state index in [9.17, 15) is 9.59 Å². The first-order valence-electron chi connectivity index (χ1n) is 12.0. The Kier molecular flexibility index (Phi) is 6.28. The Hall–Kier alpha value is -1.52. The third-order valence-electron chi connectivity index (χ3n) is 7.94. The Morgan fingerprint density at radius 2 is 2.03 bits per heavy atom. The SMILES string of the molecule is C[C@H]1[C@H](OC(=O)CCC(=O)NCc2cccs2)O[C@@H]2O[C@@]3(C)CC[C@H]4[C@H](C)CC[C@@H]1[C@]24OO3. The molecule has 8 nitrogen and oxygen atoms in total. The van der Waals surface area contributed by atoms with E-state index < -0.39 is 29.9 Å². The monoisotopic (exact) mass is 479 g/mol. The summed E-state index contributed by atoms with van der Waals surface area (Å²) >= 11 is 1.58. The van der Waals surface area contributed by atoms with Crippen LogP contribution in [0.1, 0.15) is 64.2 Å². The van der Waals surface area contributed by atoms with Gasteiger partial charge in [-0.15, -0.1) is 11.3 Å². The molecule has 1 saturated carbocycles. The number of nitrogens with one attached hydrogen (secondary N) is 1. The molecule has 1 amide bonds. The first-order chi connectivity index (χ1) is 15.8. The van der Waals surface area contributed by atoms with Gasteiger partial charge in [-0.3, -0.25) is 9.59 Å². The molecule has 6 rings (SSSR count). The Morgan fingerprint density at radius 1 is 1.18 bits per heavy atom. The van der Waals surface area contributed by atoms with Crippen LogP contribution in [-0.4, -0.2) is 35.8 Å². The lowest BCUT2D eigenvalue weighted by atomic mass is 9.58. The number of carbonyl (C=O) groups excluding carboxylic acids is 2. The molecular formula is C24H33NO7S. The average molecular weight is 480 g/mol. The van der Waals surface area contributed by atoms with Crippen LogP contribution in [-0.2, 0) is 40.1 Å². The Labute approximate surface area is 198 Å². The third kappa shape index (κ3) is 4.23. The van der Waals surface area contributed by atoms with Crippen molar-refractivity contribution in [1.29, 1.82) is 0 Å². The maximum atomic E-state index is 12.6. The van der Waals surface area contributed by atoms with Crippen LogP contribution in [0.25, 0.3) is 0 Å². The summed E-state index contributed by atoms with van der Waals surface area (Å²) < 4.78 is 18.3. The summed E-state index contributed by atoms with van der Waals surface area (Å²) in [6.07, 6.45) is 2.38. The van der Waals surface area contributed by atoms with Gasteiger partial charge in [0.25, 0.3) is 0 Å². The van der Waals surface area contributed by atoms with Crippen LogP contribution in [0.3, 0.4) is 0 Å². The van der Waals surface area contributed by atoms with E-state index in [1.807, 2.05) is 31.4 Å². The molecular weight excluding hydrogens is 446 g/mol. The van der Waals surface area contributed by atoms with Crippen LogP contribution in [0.15, 0.2) is 17.5 Å². The summed E-state index contributed by atoms with van der Waals surface area (Å²) in [5.41, 5.74) is -0.683. The molecule has 1 aliphatic carbocycles. The highest BCUT2D eigenvalue weighted by Gasteiger charge is 2.69. The van der Waals surface area contributed by atoms with Gasteiger partial charge >= 0.3 is 5.97 Å². The molecule has 0 radical (unpaired) electrons. The molecule has 1 spiro atoms. The van der Waals surface area contributed by atoms with Gasteiger partial charge in [-0.2, -0.15) is 0 Å². The van der Waals surface area contributed by atoms with E-state index in [1.54, 1.807) is 11.3 Å². The van der Waals surface area contributed by atoms with E-state index in [4.69, 9.17) is 24.0 Å². The van der Waals surface area contributed by atoms with E-state index in [1.165, 1.54) is 0 Å². The van der Waals surface area contributed by atoms with Gasteiger partial charge in [0, 0.05) is 29.6 Å². The van der Waals surface area contributed by atoms with Gasteiger partial charge in [0.05, 0.1) is 13.0 Å². The minimum atomic E-state index is -0.868. The molecule has 4 aliphatic heterocycles. The molecule has 4 saturated heterocycles. The number of amides is 1. The van der Waals surface area contributed by atoms with Crippen LogP contribution in [0.4, 0.5) is 0 Å². The third-order valence-corrected chi connectivity index (χ3v) is 8.82. The Morgan fingerprint density at radius 3 is 2.82 bits per heavy atom. The summed E-state index contributed by atoms with van der Waals surface area (Å²) in [7, 11) is 0. The van der Waals surface area contributed by atoms with E-state index in [-0.39, 0.29) is 36.5 Å². The number of rotatable bonds is 6. The van der Waals surface area contributed by atoms with Crippen LogP contribution < -0.4 is 5.32 Å². The maximum absolute atomic E-state index is 12.6. The molecule has 0 unspecified atom stereocenters. The van der Waals surface area contributed by atoms with Gasteiger partial charge in [0.15, 0.2) is 11.9 Å². The fourth-order valence-corrected chi connectivity index (χ4v) is 6.74. The normalized spacial score (nSPS) is 41.7. The zero-order valence-electron chi connectivity index (χ0n) is 19.4. The number of fused-ring (bicyclic) bond motifs is 2. The fraction of sp³-hybridized carbons (Fsp3) is 0.750. The summed E-state index contributed by atoms with van der Waals surface area (Å²) in [6, 6.07) is 3.90. The Bertz CT molecular complexity index is 878. The van der Waals surface area contributed by atoms with Crippen LogP contribution in [0.2, 0.25) is 0 Å². The number of hydrogen-bond acceptors (Lipinski definition) is 8. The van der Waals surface area contributed by atoms with E-state index in [0.717, 1.165) is 30.6 Å². The second-order valence-corrected chi connectivity index (χ2v) is 11.2. The Balaban J connectivity index is 1.22. The average Bonchev–Trinajstić information content (AvgIpc) is 3.21. The largest absolute Gasteiger partial charge is 0.435 e. The zero-order chi connectivity index (χ0) is 23.2. The molecule has 0 aromatic carbocycles. The minimum absolute atomic E-state index is 0.00116. The maximum Gasteiger partial charge on any atom is 0.308 e. The lowest BCUT2D eigenvalue weighted by Crippen LogP contribution is -2.70. The van der Waals surface area contributed by atoms with Crippen molar-refractivity contribution in [3.63, 3.8) is 0 Å². The first kappa shape index (κ1) is 23.2. The minimum Gasteiger partial charge on any atom is -0.435 e. The van der Waals surface area contributed by atoms with Gasteiger partial charge in [-0.05, 0) is 49.5 Å². The van der Waals surface area contributed by atoms with Crippen molar-refractivity contribution in [3.05, 3.63) is 22.4 Å². The van der Waals surface area contributed by atoms with Crippen molar-refractivity contribution in [2.45, 2.75) is 89.8 Å². The summed E-state index contributed by atoms with van der Waals surface area (Å²) in [5, 5.41) is 4.80. The smallest absolute Gasteiger partial charge is 0.308 e. The zero-order valence-corrected chi connectivity index (χ0v) is 20.2. The highest BCUT2D eigenvalue weighted by atomic mass is 32.1. The van der Waals surface area contributed by atoms with E-state index >= 15 is 0 Å². The predicted molar refractivity (Wildman–Crippen MR) is 118 cm³/mol.